The van der Waals surface area contributed by atoms with Gasteiger partial charge < -0.3 is 4.90 Å². The van der Waals surface area contributed by atoms with Crippen molar-refractivity contribution in [3.8, 4) is 0 Å². The summed E-state index contributed by atoms with van der Waals surface area (Å²) in [5, 5.41) is 4.76. The van der Waals surface area contributed by atoms with Gasteiger partial charge in [-0.1, -0.05) is 19.3 Å². The summed E-state index contributed by atoms with van der Waals surface area (Å²) in [6.45, 7) is 1.68. The van der Waals surface area contributed by atoms with Crippen molar-refractivity contribution in [3.63, 3.8) is 0 Å². The largest absolute Gasteiger partial charge is 0.330 e. The van der Waals surface area contributed by atoms with Gasteiger partial charge in [-0.05, 0) is 74.8 Å². The number of nitrogens with zero attached hydrogens (tertiary/aromatic N) is 4. The number of benzene rings is 1. The Bertz CT molecular complexity index is 1110. The van der Waals surface area contributed by atoms with Crippen molar-refractivity contribution in [1.82, 2.24) is 19.0 Å². The predicted octanol–water partition coefficient (Wildman–Crippen LogP) is 3.67. The first kappa shape index (κ1) is 22.6. The van der Waals surface area contributed by atoms with E-state index >= 15 is 0 Å². The molecule has 0 bridgehead atoms. The molecule has 1 saturated heterocycles. The van der Waals surface area contributed by atoms with Crippen LogP contribution in [0, 0.1) is 0 Å². The molecule has 5 rings (SSSR count). The first-order valence-corrected chi connectivity index (χ1v) is 13.8. The van der Waals surface area contributed by atoms with Crippen LogP contribution < -0.4 is 0 Å². The Kier molecular flexibility index (Phi) is 6.31. The van der Waals surface area contributed by atoms with Crippen LogP contribution in [0.1, 0.15) is 78.7 Å². The number of fused-ring (bicyclic) bond motifs is 1. The van der Waals surface area contributed by atoms with E-state index in [0.29, 0.717) is 25.2 Å². The second-order valence-corrected chi connectivity index (χ2v) is 11.6. The molecule has 1 aromatic heterocycles. The average molecular weight is 471 g/mol. The fourth-order valence-corrected chi connectivity index (χ4v) is 7.28. The molecule has 1 aromatic carbocycles. The van der Waals surface area contributed by atoms with Crippen molar-refractivity contribution >= 4 is 15.9 Å². The zero-order chi connectivity index (χ0) is 23.0. The van der Waals surface area contributed by atoms with Gasteiger partial charge in [0.25, 0.3) is 5.91 Å². The van der Waals surface area contributed by atoms with Gasteiger partial charge in [0.1, 0.15) is 0 Å². The maximum Gasteiger partial charge on any atom is 0.254 e. The van der Waals surface area contributed by atoms with E-state index < -0.39 is 10.0 Å². The molecular formula is C25H34N4O3S. The summed E-state index contributed by atoms with van der Waals surface area (Å²) in [5.74, 6) is -0.0266. The fraction of sp³-hybridized carbons (Fsp3) is 0.600. The lowest BCUT2D eigenvalue weighted by atomic mass is 10.1. The Labute approximate surface area is 196 Å². The number of aromatic nitrogens is 2. The molecule has 1 aliphatic heterocycles. The highest BCUT2D eigenvalue weighted by atomic mass is 32.2. The quantitative estimate of drug-likeness (QED) is 0.646. The number of amides is 1. The van der Waals surface area contributed by atoms with Crippen LogP contribution in [0.3, 0.4) is 0 Å². The summed E-state index contributed by atoms with van der Waals surface area (Å²) >= 11 is 0. The topological polar surface area (TPSA) is 75.5 Å². The molecule has 7 nitrogen and oxygen atoms in total. The number of aryl methyl sites for hydroxylation is 1. The minimum absolute atomic E-state index is 0.0266. The zero-order valence-corrected chi connectivity index (χ0v) is 20.3. The second kappa shape index (κ2) is 9.22. The highest BCUT2D eigenvalue weighted by Crippen LogP contribution is 2.30. The number of piperidine rings is 1. The first-order valence-electron chi connectivity index (χ1n) is 12.4. The number of carbonyl (C=O) groups excluding carboxylic acids is 1. The van der Waals surface area contributed by atoms with Crippen molar-refractivity contribution in [2.45, 2.75) is 81.7 Å². The van der Waals surface area contributed by atoms with E-state index in [0.717, 1.165) is 69.9 Å². The van der Waals surface area contributed by atoms with Crippen LogP contribution in [0.15, 0.2) is 29.2 Å². The third-order valence-electron chi connectivity index (χ3n) is 7.60. The molecule has 0 spiro atoms. The number of hydrogen-bond acceptors (Lipinski definition) is 4. The lowest BCUT2D eigenvalue weighted by molar-refractivity contribution is 0.0660. The summed E-state index contributed by atoms with van der Waals surface area (Å²) in [7, 11) is -1.50. The molecule has 2 heterocycles. The van der Waals surface area contributed by atoms with Crippen LogP contribution in [-0.4, -0.2) is 52.4 Å². The van der Waals surface area contributed by atoms with E-state index in [1.54, 1.807) is 28.6 Å². The predicted molar refractivity (Wildman–Crippen MR) is 126 cm³/mol. The second-order valence-electron chi connectivity index (χ2n) is 9.71. The molecule has 0 radical (unpaired) electrons. The monoisotopic (exact) mass is 470 g/mol. The molecule has 0 N–H and O–H groups in total. The molecule has 1 amide bonds. The van der Waals surface area contributed by atoms with E-state index in [4.69, 9.17) is 5.10 Å². The lowest BCUT2D eigenvalue weighted by Crippen LogP contribution is -2.38. The Morgan fingerprint density at radius 1 is 1.00 bits per heavy atom. The normalized spacial score (nSPS) is 19.7. The van der Waals surface area contributed by atoms with Crippen LogP contribution in [0.4, 0.5) is 0 Å². The first-order chi connectivity index (χ1) is 15.9. The van der Waals surface area contributed by atoms with Crippen molar-refractivity contribution in [2.75, 3.05) is 13.1 Å². The zero-order valence-electron chi connectivity index (χ0n) is 19.5. The van der Waals surface area contributed by atoms with Crippen molar-refractivity contribution in [2.24, 2.45) is 7.05 Å². The number of rotatable bonds is 6. The van der Waals surface area contributed by atoms with Crippen molar-refractivity contribution < 1.29 is 13.2 Å². The summed E-state index contributed by atoms with van der Waals surface area (Å²) in [6.07, 6.45) is 10.5. The minimum Gasteiger partial charge on any atom is -0.330 e. The van der Waals surface area contributed by atoms with Gasteiger partial charge in [0.05, 0.1) is 17.1 Å². The Morgan fingerprint density at radius 3 is 2.39 bits per heavy atom. The number of hydrogen-bond donors (Lipinski definition) is 0. The molecular weight excluding hydrogens is 436 g/mol. The van der Waals surface area contributed by atoms with Crippen molar-refractivity contribution in [1.29, 1.82) is 0 Å². The highest BCUT2D eigenvalue weighted by molar-refractivity contribution is 7.89. The molecule has 178 valence electrons. The number of carbonyl (C=O) groups is 1. The maximum atomic E-state index is 13.6. The Hall–Kier alpha value is -2.19. The molecule has 0 atom stereocenters. The summed E-state index contributed by atoms with van der Waals surface area (Å²) in [5.41, 5.74) is 4.19. The van der Waals surface area contributed by atoms with Gasteiger partial charge in [-0.15, -0.1) is 0 Å². The lowest BCUT2D eigenvalue weighted by Gasteiger charge is -2.29. The van der Waals surface area contributed by atoms with E-state index in [9.17, 15) is 13.2 Å². The summed E-state index contributed by atoms with van der Waals surface area (Å²) in [6, 6.07) is 6.78. The smallest absolute Gasteiger partial charge is 0.254 e. The van der Waals surface area contributed by atoms with Gasteiger partial charge in [-0.2, -0.15) is 9.40 Å². The number of sulfonamides is 1. The Balaban J connectivity index is 1.38. The standard InChI is InChI=1S/C25H34N4O3S/c1-27-24-11-7-10-22(24)23(26-27)18-29(20-8-3-4-9-20)25(30)19-12-14-21(15-13-19)33(31,32)28-16-5-2-6-17-28/h12-15,20H,2-11,16-18H2,1H3. The van der Waals surface area contributed by atoms with E-state index in [1.807, 2.05) is 16.6 Å². The Morgan fingerprint density at radius 2 is 1.70 bits per heavy atom. The van der Waals surface area contributed by atoms with Gasteiger partial charge in [0, 0.05) is 37.4 Å². The third kappa shape index (κ3) is 4.35. The highest BCUT2D eigenvalue weighted by Gasteiger charge is 2.31. The molecule has 1 saturated carbocycles. The summed E-state index contributed by atoms with van der Waals surface area (Å²) in [4.78, 5) is 15.9. The van der Waals surface area contributed by atoms with Crippen LogP contribution in [-0.2, 0) is 36.5 Å². The van der Waals surface area contributed by atoms with Gasteiger partial charge in [-0.25, -0.2) is 8.42 Å². The maximum absolute atomic E-state index is 13.6. The van der Waals surface area contributed by atoms with Crippen LogP contribution in [0.2, 0.25) is 0 Å². The molecule has 2 fully saturated rings. The molecule has 33 heavy (non-hydrogen) atoms. The molecule has 3 aliphatic rings. The van der Waals surface area contributed by atoms with Crippen molar-refractivity contribution in [3.05, 3.63) is 46.8 Å². The van der Waals surface area contributed by atoms with Gasteiger partial charge in [-0.3, -0.25) is 9.48 Å². The van der Waals surface area contributed by atoms with E-state index in [2.05, 4.69) is 0 Å². The van der Waals surface area contributed by atoms with Gasteiger partial charge >= 0.3 is 0 Å². The van der Waals surface area contributed by atoms with Crippen LogP contribution >= 0.6 is 0 Å². The minimum atomic E-state index is -3.50. The van der Waals surface area contributed by atoms with Gasteiger partial charge in [0.15, 0.2) is 0 Å². The van der Waals surface area contributed by atoms with Crippen LogP contribution in [0.25, 0.3) is 0 Å². The molecule has 0 unspecified atom stereocenters. The SMILES string of the molecule is Cn1nc(CN(C(=O)c2ccc(S(=O)(=O)N3CCCCC3)cc2)C2CCCC2)c2c1CCC2. The molecule has 2 aromatic rings. The fourth-order valence-electron chi connectivity index (χ4n) is 5.76. The average Bonchev–Trinajstić information content (AvgIpc) is 3.59. The van der Waals surface area contributed by atoms with E-state index in [-0.39, 0.29) is 16.8 Å². The van der Waals surface area contributed by atoms with Gasteiger partial charge in [0.2, 0.25) is 10.0 Å². The summed E-state index contributed by atoms with van der Waals surface area (Å²) < 4.78 is 29.5. The van der Waals surface area contributed by atoms with E-state index in [1.165, 1.54) is 11.3 Å². The van der Waals surface area contributed by atoms with Crippen LogP contribution in [0.5, 0.6) is 0 Å². The third-order valence-corrected chi connectivity index (χ3v) is 9.51. The molecule has 8 heteroatoms. The molecule has 2 aliphatic carbocycles.